The fourth-order valence-electron chi connectivity index (χ4n) is 2.42. The van der Waals surface area contributed by atoms with Crippen molar-refractivity contribution in [2.24, 2.45) is 5.92 Å². The van der Waals surface area contributed by atoms with Crippen molar-refractivity contribution in [2.45, 2.75) is 46.1 Å². The third kappa shape index (κ3) is 2.85. The lowest BCUT2D eigenvalue weighted by Gasteiger charge is -2.18. The Morgan fingerprint density at radius 3 is 2.69 bits per heavy atom. The summed E-state index contributed by atoms with van der Waals surface area (Å²) >= 11 is 0. The zero-order chi connectivity index (χ0) is 11.5. The standard InChI is InChI=1S/C15H23N/c1-4-16-15(13-7-8-13)10-14-9-11(2)5-6-12(14)3/h5-6,9,13,15-16H,4,7-8,10H2,1-3H3. The van der Waals surface area contributed by atoms with Crippen LogP contribution in [0, 0.1) is 19.8 Å². The Labute approximate surface area is 99.3 Å². The quantitative estimate of drug-likeness (QED) is 0.798. The maximum atomic E-state index is 3.64. The van der Waals surface area contributed by atoms with E-state index in [1.54, 1.807) is 0 Å². The Morgan fingerprint density at radius 1 is 1.31 bits per heavy atom. The predicted molar refractivity (Wildman–Crippen MR) is 69.8 cm³/mol. The van der Waals surface area contributed by atoms with Crippen LogP contribution < -0.4 is 5.32 Å². The lowest BCUT2D eigenvalue weighted by molar-refractivity contribution is 0.471. The van der Waals surface area contributed by atoms with Crippen LogP contribution in [0.3, 0.4) is 0 Å². The normalized spacial score (nSPS) is 17.4. The van der Waals surface area contributed by atoms with Crippen molar-refractivity contribution < 1.29 is 0 Å². The van der Waals surface area contributed by atoms with Gasteiger partial charge in [-0.25, -0.2) is 0 Å². The van der Waals surface area contributed by atoms with E-state index in [0.29, 0.717) is 6.04 Å². The van der Waals surface area contributed by atoms with E-state index in [9.17, 15) is 0 Å². The van der Waals surface area contributed by atoms with E-state index in [1.165, 1.54) is 36.0 Å². The second-order valence-corrected chi connectivity index (χ2v) is 5.14. The summed E-state index contributed by atoms with van der Waals surface area (Å²) in [6, 6.07) is 7.51. The molecule has 0 aromatic heterocycles. The Morgan fingerprint density at radius 2 is 2.06 bits per heavy atom. The molecule has 1 nitrogen and oxygen atoms in total. The molecule has 0 spiro atoms. The SMILES string of the molecule is CCNC(Cc1cc(C)ccc1C)C1CC1. The first-order valence-electron chi connectivity index (χ1n) is 6.50. The Balaban J connectivity index is 2.08. The molecule has 0 amide bonds. The molecule has 0 bridgehead atoms. The average Bonchev–Trinajstić information content (AvgIpc) is 3.06. The zero-order valence-corrected chi connectivity index (χ0v) is 10.7. The van der Waals surface area contributed by atoms with Gasteiger partial charge in [-0.15, -0.1) is 0 Å². The van der Waals surface area contributed by atoms with E-state index in [4.69, 9.17) is 0 Å². The van der Waals surface area contributed by atoms with Crippen LogP contribution in [0.25, 0.3) is 0 Å². The minimum atomic E-state index is 0.700. The predicted octanol–water partition coefficient (Wildman–Crippen LogP) is 3.23. The molecule has 1 aromatic rings. The number of nitrogens with one attached hydrogen (secondary N) is 1. The van der Waals surface area contributed by atoms with Crippen LogP contribution in [0.1, 0.15) is 36.5 Å². The van der Waals surface area contributed by atoms with Crippen molar-refractivity contribution >= 4 is 0 Å². The van der Waals surface area contributed by atoms with Crippen molar-refractivity contribution in [2.75, 3.05) is 6.54 Å². The number of likely N-dealkylation sites (N-methyl/N-ethyl adjacent to an activating group) is 1. The second-order valence-electron chi connectivity index (χ2n) is 5.14. The van der Waals surface area contributed by atoms with E-state index in [-0.39, 0.29) is 0 Å². The fourth-order valence-corrected chi connectivity index (χ4v) is 2.42. The van der Waals surface area contributed by atoms with E-state index >= 15 is 0 Å². The molecule has 0 saturated heterocycles. The van der Waals surface area contributed by atoms with Crippen LogP contribution in [-0.2, 0) is 6.42 Å². The van der Waals surface area contributed by atoms with E-state index in [1.807, 2.05) is 0 Å². The van der Waals surface area contributed by atoms with Crippen LogP contribution in [0.2, 0.25) is 0 Å². The maximum Gasteiger partial charge on any atom is 0.0136 e. The molecule has 1 atom stereocenters. The lowest BCUT2D eigenvalue weighted by atomic mass is 9.96. The molecule has 0 radical (unpaired) electrons. The third-order valence-corrected chi connectivity index (χ3v) is 3.60. The largest absolute Gasteiger partial charge is 0.314 e. The van der Waals surface area contributed by atoms with E-state index in [2.05, 4.69) is 44.3 Å². The second kappa shape index (κ2) is 5.01. The molecule has 1 fully saturated rings. The summed E-state index contributed by atoms with van der Waals surface area (Å²) in [7, 11) is 0. The first-order valence-corrected chi connectivity index (χ1v) is 6.50. The summed E-state index contributed by atoms with van der Waals surface area (Å²) in [5, 5.41) is 3.64. The van der Waals surface area contributed by atoms with Crippen molar-refractivity contribution in [1.82, 2.24) is 5.32 Å². The first kappa shape index (κ1) is 11.7. The molecule has 0 aliphatic heterocycles. The fraction of sp³-hybridized carbons (Fsp3) is 0.600. The maximum absolute atomic E-state index is 3.64. The number of rotatable bonds is 5. The molecule has 1 aliphatic carbocycles. The summed E-state index contributed by atoms with van der Waals surface area (Å²) in [4.78, 5) is 0. The van der Waals surface area contributed by atoms with Crippen LogP contribution in [-0.4, -0.2) is 12.6 Å². The molecule has 2 rings (SSSR count). The molecule has 1 unspecified atom stereocenters. The highest BCUT2D eigenvalue weighted by molar-refractivity contribution is 5.31. The van der Waals surface area contributed by atoms with Gasteiger partial charge in [-0.1, -0.05) is 30.7 Å². The Kier molecular flexibility index (Phi) is 3.65. The topological polar surface area (TPSA) is 12.0 Å². The molecular formula is C15H23N. The van der Waals surface area contributed by atoms with Gasteiger partial charge in [0.25, 0.3) is 0 Å². The number of hydrogen-bond acceptors (Lipinski definition) is 1. The van der Waals surface area contributed by atoms with Gasteiger partial charge in [0, 0.05) is 6.04 Å². The van der Waals surface area contributed by atoms with Crippen LogP contribution in [0.4, 0.5) is 0 Å². The highest BCUT2D eigenvalue weighted by atomic mass is 14.9. The molecule has 1 aromatic carbocycles. The molecule has 16 heavy (non-hydrogen) atoms. The highest BCUT2D eigenvalue weighted by Crippen LogP contribution is 2.34. The highest BCUT2D eigenvalue weighted by Gasteiger charge is 2.30. The van der Waals surface area contributed by atoms with Crippen molar-refractivity contribution in [3.05, 3.63) is 34.9 Å². The van der Waals surface area contributed by atoms with Gasteiger partial charge in [-0.3, -0.25) is 0 Å². The third-order valence-electron chi connectivity index (χ3n) is 3.60. The van der Waals surface area contributed by atoms with Crippen molar-refractivity contribution in [3.8, 4) is 0 Å². The zero-order valence-electron chi connectivity index (χ0n) is 10.7. The van der Waals surface area contributed by atoms with Crippen LogP contribution in [0.5, 0.6) is 0 Å². The summed E-state index contributed by atoms with van der Waals surface area (Å²) < 4.78 is 0. The molecule has 1 N–H and O–H groups in total. The van der Waals surface area contributed by atoms with Gasteiger partial charge in [0.2, 0.25) is 0 Å². The molecule has 1 aliphatic rings. The van der Waals surface area contributed by atoms with Gasteiger partial charge in [-0.2, -0.15) is 0 Å². The minimum absolute atomic E-state index is 0.700. The lowest BCUT2D eigenvalue weighted by Crippen LogP contribution is -2.33. The number of aryl methyl sites for hydroxylation is 2. The average molecular weight is 217 g/mol. The smallest absolute Gasteiger partial charge is 0.0136 e. The monoisotopic (exact) mass is 217 g/mol. The number of hydrogen-bond donors (Lipinski definition) is 1. The van der Waals surface area contributed by atoms with E-state index < -0.39 is 0 Å². The first-order chi connectivity index (χ1) is 7.70. The van der Waals surface area contributed by atoms with E-state index in [0.717, 1.165) is 12.5 Å². The van der Waals surface area contributed by atoms with Gasteiger partial charge < -0.3 is 5.32 Å². The van der Waals surface area contributed by atoms with Crippen LogP contribution >= 0.6 is 0 Å². The molecule has 1 saturated carbocycles. The number of benzene rings is 1. The van der Waals surface area contributed by atoms with Crippen molar-refractivity contribution in [1.29, 1.82) is 0 Å². The summed E-state index contributed by atoms with van der Waals surface area (Å²) in [5.41, 5.74) is 4.35. The van der Waals surface area contributed by atoms with Gasteiger partial charge in [-0.05, 0) is 56.7 Å². The van der Waals surface area contributed by atoms with Gasteiger partial charge in [0.1, 0.15) is 0 Å². The Bertz CT molecular complexity index is 352. The van der Waals surface area contributed by atoms with Gasteiger partial charge in [0.05, 0.1) is 0 Å². The molecular weight excluding hydrogens is 194 g/mol. The van der Waals surface area contributed by atoms with Crippen LogP contribution in [0.15, 0.2) is 18.2 Å². The summed E-state index contributed by atoms with van der Waals surface area (Å²) in [6.07, 6.45) is 4.04. The summed E-state index contributed by atoms with van der Waals surface area (Å²) in [6.45, 7) is 7.71. The molecule has 88 valence electrons. The molecule has 0 heterocycles. The summed E-state index contributed by atoms with van der Waals surface area (Å²) in [5.74, 6) is 0.930. The van der Waals surface area contributed by atoms with Gasteiger partial charge >= 0.3 is 0 Å². The Hall–Kier alpha value is -0.820. The van der Waals surface area contributed by atoms with Gasteiger partial charge in [0.15, 0.2) is 0 Å². The molecule has 1 heteroatoms. The van der Waals surface area contributed by atoms with Crippen molar-refractivity contribution in [3.63, 3.8) is 0 Å². The minimum Gasteiger partial charge on any atom is -0.314 e.